The Morgan fingerprint density at radius 1 is 0.283 bits per heavy atom. The quantitative estimate of drug-likeness (QED) is 0.143. The van der Waals surface area contributed by atoms with E-state index in [-0.39, 0.29) is 0 Å². The molecule has 0 saturated carbocycles. The molecule has 11 aromatic rings. The molecule has 10 aromatic carbocycles. The van der Waals surface area contributed by atoms with Gasteiger partial charge in [-0.1, -0.05) is 188 Å². The van der Waals surface area contributed by atoms with Crippen LogP contribution in [0.5, 0.6) is 0 Å². The number of benzene rings is 10. The van der Waals surface area contributed by atoms with Gasteiger partial charge in [-0.2, -0.15) is 0 Å². The van der Waals surface area contributed by atoms with E-state index in [1.807, 2.05) is 6.07 Å². The van der Waals surface area contributed by atoms with E-state index in [2.05, 4.69) is 235 Å². The Labute approximate surface area is 349 Å². The standard InChI is InChI=1S/C58H39NO/c1-3-14-41(15-4-1)51-22-9-10-23-53(51)43-30-34-49(35-31-43)59(50-36-37-54-46(39-50)27-26-42-16-7-8-21-52(42)54)48-32-28-40(29-33-48)45-19-13-20-47(38-45)58-57(44-17-5-2-6-18-44)55-24-11-12-25-56(55)60-58/h1-39H. The van der Waals surface area contributed by atoms with Crippen molar-refractivity contribution in [1.29, 1.82) is 0 Å². The molecule has 1 aromatic heterocycles. The van der Waals surface area contributed by atoms with Crippen molar-refractivity contribution in [2.45, 2.75) is 0 Å². The average Bonchev–Trinajstić information content (AvgIpc) is 3.73. The molecule has 0 aliphatic carbocycles. The second-order valence-electron chi connectivity index (χ2n) is 15.3. The molecule has 0 bridgehead atoms. The van der Waals surface area contributed by atoms with Gasteiger partial charge in [-0.25, -0.2) is 0 Å². The minimum Gasteiger partial charge on any atom is -0.455 e. The molecule has 0 aliphatic rings. The smallest absolute Gasteiger partial charge is 0.143 e. The molecule has 1 heterocycles. The van der Waals surface area contributed by atoms with E-state index >= 15 is 0 Å². The minimum absolute atomic E-state index is 0.881. The highest BCUT2D eigenvalue weighted by Crippen LogP contribution is 2.43. The Morgan fingerprint density at radius 3 is 1.53 bits per heavy atom. The summed E-state index contributed by atoms with van der Waals surface area (Å²) in [7, 11) is 0. The van der Waals surface area contributed by atoms with Gasteiger partial charge in [0.2, 0.25) is 0 Å². The van der Waals surface area contributed by atoms with Gasteiger partial charge in [-0.15, -0.1) is 0 Å². The lowest BCUT2D eigenvalue weighted by Gasteiger charge is -2.26. The number of hydrogen-bond donors (Lipinski definition) is 0. The van der Waals surface area contributed by atoms with E-state index in [1.165, 1.54) is 43.8 Å². The number of fused-ring (bicyclic) bond motifs is 4. The Morgan fingerprint density at radius 2 is 0.800 bits per heavy atom. The fourth-order valence-corrected chi connectivity index (χ4v) is 8.76. The molecule has 11 rings (SSSR count). The first kappa shape index (κ1) is 35.2. The third kappa shape index (κ3) is 6.41. The number of nitrogens with zero attached hydrogens (tertiary/aromatic N) is 1. The van der Waals surface area contributed by atoms with Crippen LogP contribution < -0.4 is 4.90 Å². The zero-order valence-corrected chi connectivity index (χ0v) is 32.9. The Balaban J connectivity index is 0.989. The van der Waals surface area contributed by atoms with Crippen molar-refractivity contribution in [3.63, 3.8) is 0 Å². The zero-order valence-electron chi connectivity index (χ0n) is 32.9. The van der Waals surface area contributed by atoms with Crippen LogP contribution >= 0.6 is 0 Å². The van der Waals surface area contributed by atoms with E-state index in [9.17, 15) is 0 Å². The Bertz CT molecular complexity index is 3290. The lowest BCUT2D eigenvalue weighted by Crippen LogP contribution is -2.09. The molecule has 0 atom stereocenters. The highest BCUT2D eigenvalue weighted by Gasteiger charge is 2.19. The number of anilines is 3. The number of hydrogen-bond acceptors (Lipinski definition) is 2. The lowest BCUT2D eigenvalue weighted by atomic mass is 9.94. The van der Waals surface area contributed by atoms with Crippen LogP contribution in [0, 0.1) is 0 Å². The summed E-state index contributed by atoms with van der Waals surface area (Å²) in [6.07, 6.45) is 0. The van der Waals surface area contributed by atoms with Gasteiger partial charge in [0.1, 0.15) is 11.3 Å². The second kappa shape index (κ2) is 15.1. The fourth-order valence-electron chi connectivity index (χ4n) is 8.76. The molecule has 0 spiro atoms. The van der Waals surface area contributed by atoms with Crippen LogP contribution in [0.25, 0.3) is 88.3 Å². The predicted octanol–water partition coefficient (Wildman–Crippen LogP) is 16.5. The van der Waals surface area contributed by atoms with Gasteiger partial charge >= 0.3 is 0 Å². The summed E-state index contributed by atoms with van der Waals surface area (Å²) < 4.78 is 6.59. The van der Waals surface area contributed by atoms with Gasteiger partial charge < -0.3 is 9.32 Å². The normalized spacial score (nSPS) is 11.3. The molecular weight excluding hydrogens is 727 g/mol. The van der Waals surface area contributed by atoms with Crippen molar-refractivity contribution in [3.05, 3.63) is 237 Å². The third-order valence-electron chi connectivity index (χ3n) is 11.7. The average molecular weight is 766 g/mol. The SMILES string of the molecule is c1ccc(-c2ccccc2-c2ccc(N(c3ccc(-c4cccc(-c5oc6ccccc6c5-c5ccccc5)c4)cc3)c3ccc4c(ccc5ccccc54)c3)cc2)cc1. The topological polar surface area (TPSA) is 16.4 Å². The molecule has 2 heteroatoms. The molecular formula is C58H39NO. The van der Waals surface area contributed by atoms with Gasteiger partial charge in [0.25, 0.3) is 0 Å². The van der Waals surface area contributed by atoms with Crippen LogP contribution in [0.4, 0.5) is 17.1 Å². The molecule has 0 unspecified atom stereocenters. The van der Waals surface area contributed by atoms with Crippen LogP contribution in [0.15, 0.2) is 241 Å². The highest BCUT2D eigenvalue weighted by molar-refractivity contribution is 6.08. The molecule has 0 amide bonds. The molecule has 0 fully saturated rings. The van der Waals surface area contributed by atoms with Crippen LogP contribution in [-0.4, -0.2) is 0 Å². The molecule has 2 nitrogen and oxygen atoms in total. The van der Waals surface area contributed by atoms with Crippen LogP contribution in [-0.2, 0) is 0 Å². The summed E-state index contributed by atoms with van der Waals surface area (Å²) in [4.78, 5) is 2.36. The van der Waals surface area contributed by atoms with Gasteiger partial charge in [-0.05, 0) is 109 Å². The minimum atomic E-state index is 0.881. The van der Waals surface area contributed by atoms with Crippen molar-refractivity contribution >= 4 is 49.6 Å². The maximum atomic E-state index is 6.59. The maximum Gasteiger partial charge on any atom is 0.143 e. The first-order valence-corrected chi connectivity index (χ1v) is 20.5. The van der Waals surface area contributed by atoms with Crippen molar-refractivity contribution in [1.82, 2.24) is 0 Å². The summed E-state index contributed by atoms with van der Waals surface area (Å²) in [6.45, 7) is 0. The van der Waals surface area contributed by atoms with E-state index in [0.717, 1.165) is 61.6 Å². The van der Waals surface area contributed by atoms with Gasteiger partial charge in [0, 0.05) is 33.6 Å². The Kier molecular flexibility index (Phi) is 8.87. The van der Waals surface area contributed by atoms with Gasteiger partial charge in [0.05, 0.1) is 0 Å². The lowest BCUT2D eigenvalue weighted by molar-refractivity contribution is 0.632. The number of rotatable bonds is 8. The largest absolute Gasteiger partial charge is 0.455 e. The summed E-state index contributed by atoms with van der Waals surface area (Å²) in [5.41, 5.74) is 14.5. The van der Waals surface area contributed by atoms with Gasteiger partial charge in [-0.3, -0.25) is 0 Å². The second-order valence-corrected chi connectivity index (χ2v) is 15.3. The van der Waals surface area contributed by atoms with Crippen LogP contribution in [0.2, 0.25) is 0 Å². The van der Waals surface area contributed by atoms with E-state index in [0.29, 0.717) is 0 Å². The highest BCUT2D eigenvalue weighted by atomic mass is 16.3. The molecule has 0 radical (unpaired) electrons. The third-order valence-corrected chi connectivity index (χ3v) is 11.7. The van der Waals surface area contributed by atoms with Gasteiger partial charge in [0.15, 0.2) is 0 Å². The molecule has 60 heavy (non-hydrogen) atoms. The molecule has 0 saturated heterocycles. The van der Waals surface area contributed by atoms with Crippen LogP contribution in [0.1, 0.15) is 0 Å². The number of para-hydroxylation sites is 1. The number of furan rings is 1. The van der Waals surface area contributed by atoms with Crippen molar-refractivity contribution in [2.24, 2.45) is 0 Å². The van der Waals surface area contributed by atoms with E-state index in [1.54, 1.807) is 0 Å². The maximum absolute atomic E-state index is 6.59. The van der Waals surface area contributed by atoms with Crippen LogP contribution in [0.3, 0.4) is 0 Å². The Hall–Kier alpha value is -7.94. The molecule has 0 aliphatic heterocycles. The van der Waals surface area contributed by atoms with Crippen molar-refractivity contribution < 1.29 is 4.42 Å². The molecule has 282 valence electrons. The predicted molar refractivity (Wildman–Crippen MR) is 253 cm³/mol. The van der Waals surface area contributed by atoms with Crippen molar-refractivity contribution in [2.75, 3.05) is 4.90 Å². The first-order valence-electron chi connectivity index (χ1n) is 20.5. The first-order chi connectivity index (χ1) is 29.7. The fraction of sp³-hybridized carbons (Fsp3) is 0. The van der Waals surface area contributed by atoms with E-state index in [4.69, 9.17) is 4.42 Å². The summed E-state index contributed by atoms with van der Waals surface area (Å²) >= 11 is 0. The summed E-state index contributed by atoms with van der Waals surface area (Å²) in [5, 5.41) is 6.08. The zero-order chi connectivity index (χ0) is 39.8. The van der Waals surface area contributed by atoms with E-state index < -0.39 is 0 Å². The summed E-state index contributed by atoms with van der Waals surface area (Å²) in [6, 6.07) is 84.7. The molecule has 0 N–H and O–H groups in total. The summed E-state index contributed by atoms with van der Waals surface area (Å²) in [5.74, 6) is 0.881. The monoisotopic (exact) mass is 765 g/mol. The van der Waals surface area contributed by atoms with Crippen molar-refractivity contribution in [3.8, 4) is 55.8 Å².